The Morgan fingerprint density at radius 1 is 0.960 bits per heavy atom. The number of hydrogen-bond acceptors (Lipinski definition) is 3. The van der Waals surface area contributed by atoms with Crippen LogP contribution in [0.3, 0.4) is 0 Å². The molecule has 0 bridgehead atoms. The average Bonchev–Trinajstić information content (AvgIpc) is 2.57. The van der Waals surface area contributed by atoms with E-state index in [1.807, 2.05) is 23.9 Å². The van der Waals surface area contributed by atoms with Crippen LogP contribution in [0.15, 0.2) is 48.5 Å². The summed E-state index contributed by atoms with van der Waals surface area (Å²) in [6.07, 6.45) is 0.350. The predicted octanol–water partition coefficient (Wildman–Crippen LogP) is 3.55. The van der Waals surface area contributed by atoms with E-state index in [0.29, 0.717) is 13.0 Å². The van der Waals surface area contributed by atoms with E-state index in [4.69, 9.17) is 0 Å². The van der Waals surface area contributed by atoms with Crippen LogP contribution in [0.5, 0.6) is 0 Å². The van der Waals surface area contributed by atoms with Crippen molar-refractivity contribution in [2.45, 2.75) is 26.0 Å². The van der Waals surface area contributed by atoms with Gasteiger partial charge in [-0.25, -0.2) is 0 Å². The minimum atomic E-state index is -0.103. The van der Waals surface area contributed by atoms with E-state index in [1.165, 1.54) is 18.1 Å². The fraction of sp³-hybridized carbons (Fsp3) is 0.300. The standard InChI is InChI=1S/C20H24N2O2S/c1-15-3-5-18(6-4-15)14-25-12-11-21-20(24)13-17-7-9-19(10-8-17)22-16(2)23/h3-10H,11-14H2,1-2H3,(H,21,24)(H,22,23). The second-order valence-electron chi connectivity index (χ2n) is 5.94. The number of anilines is 1. The molecule has 0 aliphatic carbocycles. The monoisotopic (exact) mass is 356 g/mol. The number of rotatable bonds is 8. The van der Waals surface area contributed by atoms with E-state index in [9.17, 15) is 9.59 Å². The fourth-order valence-corrected chi connectivity index (χ4v) is 3.11. The largest absolute Gasteiger partial charge is 0.355 e. The van der Waals surface area contributed by atoms with Gasteiger partial charge in [0, 0.05) is 30.7 Å². The molecule has 0 saturated carbocycles. The van der Waals surface area contributed by atoms with Crippen LogP contribution in [0, 0.1) is 6.92 Å². The highest BCUT2D eigenvalue weighted by molar-refractivity contribution is 7.98. The topological polar surface area (TPSA) is 58.2 Å². The number of benzene rings is 2. The third kappa shape index (κ3) is 7.44. The molecule has 0 unspecified atom stereocenters. The van der Waals surface area contributed by atoms with Crippen molar-refractivity contribution in [3.05, 3.63) is 65.2 Å². The lowest BCUT2D eigenvalue weighted by atomic mass is 10.1. The fourth-order valence-electron chi connectivity index (χ4n) is 2.29. The zero-order valence-corrected chi connectivity index (χ0v) is 15.5. The second-order valence-corrected chi connectivity index (χ2v) is 7.05. The molecule has 0 aromatic heterocycles. The zero-order chi connectivity index (χ0) is 18.1. The molecular formula is C20H24N2O2S. The smallest absolute Gasteiger partial charge is 0.224 e. The highest BCUT2D eigenvalue weighted by Gasteiger charge is 2.03. The molecule has 132 valence electrons. The van der Waals surface area contributed by atoms with E-state index in [1.54, 1.807) is 12.1 Å². The van der Waals surface area contributed by atoms with Gasteiger partial charge in [0.25, 0.3) is 0 Å². The van der Waals surface area contributed by atoms with Crippen LogP contribution < -0.4 is 10.6 Å². The number of amides is 2. The summed E-state index contributed by atoms with van der Waals surface area (Å²) in [5, 5.41) is 5.65. The Kier molecular flexibility index (Phi) is 7.54. The van der Waals surface area contributed by atoms with Crippen LogP contribution in [0.25, 0.3) is 0 Å². The van der Waals surface area contributed by atoms with Gasteiger partial charge < -0.3 is 10.6 Å². The van der Waals surface area contributed by atoms with Crippen LogP contribution in [0.2, 0.25) is 0 Å². The highest BCUT2D eigenvalue weighted by Crippen LogP contribution is 2.12. The maximum atomic E-state index is 12.0. The average molecular weight is 356 g/mol. The molecule has 5 heteroatoms. The minimum absolute atomic E-state index is 0.0169. The molecule has 2 aromatic rings. The van der Waals surface area contributed by atoms with Gasteiger partial charge in [0.1, 0.15) is 0 Å². The van der Waals surface area contributed by atoms with E-state index in [2.05, 4.69) is 41.8 Å². The van der Waals surface area contributed by atoms with Gasteiger partial charge in [-0.2, -0.15) is 11.8 Å². The first-order valence-electron chi connectivity index (χ1n) is 8.29. The van der Waals surface area contributed by atoms with Crippen molar-refractivity contribution >= 4 is 29.3 Å². The maximum Gasteiger partial charge on any atom is 0.224 e. The molecule has 0 atom stereocenters. The minimum Gasteiger partial charge on any atom is -0.355 e. The molecule has 2 aromatic carbocycles. The van der Waals surface area contributed by atoms with Crippen LogP contribution >= 0.6 is 11.8 Å². The van der Waals surface area contributed by atoms with Gasteiger partial charge in [-0.15, -0.1) is 0 Å². The first-order chi connectivity index (χ1) is 12.0. The summed E-state index contributed by atoms with van der Waals surface area (Å²) in [4.78, 5) is 22.9. The van der Waals surface area contributed by atoms with E-state index in [0.717, 1.165) is 22.8 Å². The Labute approximate surface area is 153 Å². The van der Waals surface area contributed by atoms with Crippen molar-refractivity contribution in [1.29, 1.82) is 0 Å². The Morgan fingerprint density at radius 2 is 1.60 bits per heavy atom. The summed E-state index contributed by atoms with van der Waals surface area (Å²) in [6.45, 7) is 4.22. The van der Waals surface area contributed by atoms with Crippen molar-refractivity contribution < 1.29 is 9.59 Å². The van der Waals surface area contributed by atoms with Crippen molar-refractivity contribution in [3.63, 3.8) is 0 Å². The normalized spacial score (nSPS) is 10.3. The lowest BCUT2D eigenvalue weighted by Gasteiger charge is -2.07. The van der Waals surface area contributed by atoms with Gasteiger partial charge in [-0.1, -0.05) is 42.0 Å². The molecule has 0 heterocycles. The molecule has 2 N–H and O–H groups in total. The summed E-state index contributed by atoms with van der Waals surface area (Å²) in [7, 11) is 0. The molecule has 0 fully saturated rings. The third-order valence-electron chi connectivity index (χ3n) is 3.60. The van der Waals surface area contributed by atoms with Gasteiger partial charge >= 0.3 is 0 Å². The van der Waals surface area contributed by atoms with Crippen LogP contribution in [0.1, 0.15) is 23.6 Å². The summed E-state index contributed by atoms with van der Waals surface area (Å²) in [5.74, 6) is 1.76. The quantitative estimate of drug-likeness (QED) is 0.711. The Bertz CT molecular complexity index is 697. The number of carbonyl (C=O) groups is 2. The molecule has 4 nitrogen and oxygen atoms in total. The van der Waals surface area contributed by atoms with Crippen LogP contribution in [-0.2, 0) is 21.8 Å². The Hall–Kier alpha value is -2.27. The first kappa shape index (κ1) is 19.1. The van der Waals surface area contributed by atoms with Crippen LogP contribution in [0.4, 0.5) is 5.69 Å². The summed E-state index contributed by atoms with van der Waals surface area (Å²) in [5.41, 5.74) is 4.25. The van der Waals surface area contributed by atoms with Gasteiger partial charge in [-0.05, 0) is 30.2 Å². The van der Waals surface area contributed by atoms with Gasteiger partial charge in [0.15, 0.2) is 0 Å². The molecule has 0 spiro atoms. The molecule has 0 radical (unpaired) electrons. The molecule has 0 saturated heterocycles. The summed E-state index contributed by atoms with van der Waals surface area (Å²) < 4.78 is 0. The van der Waals surface area contributed by atoms with Crippen molar-refractivity contribution in [1.82, 2.24) is 5.32 Å². The molecule has 2 rings (SSSR count). The summed E-state index contributed by atoms with van der Waals surface area (Å²) in [6, 6.07) is 15.9. The third-order valence-corrected chi connectivity index (χ3v) is 4.63. The molecule has 0 aliphatic heterocycles. The predicted molar refractivity (Wildman–Crippen MR) is 105 cm³/mol. The number of carbonyl (C=O) groups excluding carboxylic acids is 2. The Morgan fingerprint density at radius 3 is 2.24 bits per heavy atom. The number of nitrogens with one attached hydrogen (secondary N) is 2. The van der Waals surface area contributed by atoms with Gasteiger partial charge in [-0.3, -0.25) is 9.59 Å². The number of thioether (sulfide) groups is 1. The van der Waals surface area contributed by atoms with Gasteiger partial charge in [0.05, 0.1) is 6.42 Å². The summed E-state index contributed by atoms with van der Waals surface area (Å²) >= 11 is 1.81. The molecule has 25 heavy (non-hydrogen) atoms. The Balaban J connectivity index is 1.63. The lowest BCUT2D eigenvalue weighted by molar-refractivity contribution is -0.120. The lowest BCUT2D eigenvalue weighted by Crippen LogP contribution is -2.27. The van der Waals surface area contributed by atoms with Crippen LogP contribution in [-0.4, -0.2) is 24.1 Å². The number of hydrogen-bond donors (Lipinski definition) is 2. The number of aryl methyl sites for hydroxylation is 1. The van der Waals surface area contributed by atoms with E-state index >= 15 is 0 Å². The molecular weight excluding hydrogens is 332 g/mol. The molecule has 0 aliphatic rings. The van der Waals surface area contributed by atoms with Crippen molar-refractivity contribution in [2.75, 3.05) is 17.6 Å². The highest BCUT2D eigenvalue weighted by atomic mass is 32.2. The van der Waals surface area contributed by atoms with Gasteiger partial charge in [0.2, 0.25) is 11.8 Å². The van der Waals surface area contributed by atoms with Crippen molar-refractivity contribution in [3.8, 4) is 0 Å². The molecule has 2 amide bonds. The van der Waals surface area contributed by atoms with E-state index < -0.39 is 0 Å². The second kappa shape index (κ2) is 9.89. The van der Waals surface area contributed by atoms with E-state index in [-0.39, 0.29) is 11.8 Å². The SMILES string of the molecule is CC(=O)Nc1ccc(CC(=O)NCCSCc2ccc(C)cc2)cc1. The zero-order valence-electron chi connectivity index (χ0n) is 14.7. The van der Waals surface area contributed by atoms with Crippen molar-refractivity contribution in [2.24, 2.45) is 0 Å². The maximum absolute atomic E-state index is 12.0. The first-order valence-corrected chi connectivity index (χ1v) is 9.45.